The molecule has 0 aliphatic rings. The lowest BCUT2D eigenvalue weighted by molar-refractivity contribution is 0.0956. The molecule has 0 fully saturated rings. The second kappa shape index (κ2) is 6.26. The van der Waals surface area contributed by atoms with E-state index in [4.69, 9.17) is 5.84 Å². The molecule has 0 atom stereocenters. The highest BCUT2D eigenvalue weighted by Crippen LogP contribution is 2.22. The van der Waals surface area contributed by atoms with Crippen molar-refractivity contribution in [2.75, 3.05) is 5.75 Å². The van der Waals surface area contributed by atoms with Gasteiger partial charge in [-0.3, -0.25) is 10.2 Å². The lowest BCUT2D eigenvalue weighted by Gasteiger charge is -1.97. The predicted octanol–water partition coefficient (Wildman–Crippen LogP) is 0.634. The number of thiazole rings is 1. The molecule has 0 saturated carbocycles. The highest BCUT2D eigenvalue weighted by atomic mass is 32.2. The monoisotopic (exact) mass is 291 g/mol. The minimum atomic E-state index is -3.14. The number of nitrogens with zero attached hydrogens (tertiary/aromatic N) is 1. The van der Waals surface area contributed by atoms with Crippen LogP contribution in [0.15, 0.2) is 0 Å². The summed E-state index contributed by atoms with van der Waals surface area (Å²) in [6.45, 7) is 3.55. The minimum absolute atomic E-state index is 0.0636. The molecule has 0 unspecified atom stereocenters. The SMILES string of the molecule is CCCc1nc(CS(=O)(=O)CC)sc1C(=O)NN. The van der Waals surface area contributed by atoms with Crippen LogP contribution in [0.5, 0.6) is 0 Å². The number of nitrogens with two attached hydrogens (primary N) is 1. The molecule has 1 aromatic heterocycles. The van der Waals surface area contributed by atoms with E-state index < -0.39 is 15.7 Å². The number of hydrogen-bond acceptors (Lipinski definition) is 6. The van der Waals surface area contributed by atoms with Crippen LogP contribution in [-0.2, 0) is 22.0 Å². The van der Waals surface area contributed by atoms with Gasteiger partial charge in [-0.05, 0) is 6.42 Å². The molecular weight excluding hydrogens is 274 g/mol. The van der Waals surface area contributed by atoms with Crippen LogP contribution in [0, 0.1) is 0 Å². The molecule has 1 aromatic rings. The van der Waals surface area contributed by atoms with Gasteiger partial charge in [-0.2, -0.15) is 0 Å². The Morgan fingerprint density at radius 3 is 2.61 bits per heavy atom. The number of sulfone groups is 1. The lowest BCUT2D eigenvalue weighted by atomic mass is 10.2. The number of nitrogens with one attached hydrogen (secondary N) is 1. The molecule has 3 N–H and O–H groups in total. The van der Waals surface area contributed by atoms with Gasteiger partial charge in [0.05, 0.1) is 5.69 Å². The van der Waals surface area contributed by atoms with Gasteiger partial charge in [0.15, 0.2) is 9.84 Å². The Kier molecular flexibility index (Phi) is 5.24. The normalized spacial score (nSPS) is 11.5. The van der Waals surface area contributed by atoms with Gasteiger partial charge in [0.1, 0.15) is 15.6 Å². The number of aromatic nitrogens is 1. The summed E-state index contributed by atoms with van der Waals surface area (Å²) < 4.78 is 23.1. The predicted molar refractivity (Wildman–Crippen MR) is 70.9 cm³/mol. The highest BCUT2D eigenvalue weighted by Gasteiger charge is 2.19. The van der Waals surface area contributed by atoms with Crippen molar-refractivity contribution in [3.8, 4) is 0 Å². The minimum Gasteiger partial charge on any atom is -0.289 e. The molecule has 18 heavy (non-hydrogen) atoms. The largest absolute Gasteiger partial charge is 0.289 e. The molecule has 0 radical (unpaired) electrons. The number of carbonyl (C=O) groups excluding carboxylic acids is 1. The molecule has 0 saturated heterocycles. The molecule has 0 aliphatic heterocycles. The van der Waals surface area contributed by atoms with Crippen LogP contribution in [0.3, 0.4) is 0 Å². The van der Waals surface area contributed by atoms with Gasteiger partial charge in [-0.15, -0.1) is 11.3 Å². The standard InChI is InChI=1S/C10H17N3O3S2/c1-3-5-7-9(10(14)13-11)17-8(12-7)6-18(15,16)4-2/h3-6,11H2,1-2H3,(H,13,14). The Morgan fingerprint density at radius 2 is 2.11 bits per heavy atom. The van der Waals surface area contributed by atoms with Gasteiger partial charge in [0.25, 0.3) is 5.91 Å². The van der Waals surface area contributed by atoms with Crippen LogP contribution in [0.2, 0.25) is 0 Å². The summed E-state index contributed by atoms with van der Waals surface area (Å²) in [5.41, 5.74) is 2.67. The summed E-state index contributed by atoms with van der Waals surface area (Å²) in [5.74, 6) is 4.61. The number of carbonyl (C=O) groups is 1. The van der Waals surface area contributed by atoms with Crippen molar-refractivity contribution in [1.29, 1.82) is 0 Å². The molecule has 0 aliphatic carbocycles. The molecule has 0 aromatic carbocycles. The third-order valence-electron chi connectivity index (χ3n) is 2.35. The van der Waals surface area contributed by atoms with Gasteiger partial charge in [0, 0.05) is 5.75 Å². The second-order valence-corrected chi connectivity index (χ2v) is 7.22. The van der Waals surface area contributed by atoms with Gasteiger partial charge in [-0.25, -0.2) is 19.2 Å². The summed E-state index contributed by atoms with van der Waals surface area (Å²) in [4.78, 5) is 16.2. The van der Waals surface area contributed by atoms with Crippen molar-refractivity contribution in [3.63, 3.8) is 0 Å². The Morgan fingerprint density at radius 1 is 1.44 bits per heavy atom. The summed E-state index contributed by atoms with van der Waals surface area (Å²) in [5, 5.41) is 0.443. The molecule has 1 amide bonds. The van der Waals surface area contributed by atoms with E-state index in [-0.39, 0.29) is 11.5 Å². The molecule has 8 heteroatoms. The summed E-state index contributed by atoms with van der Waals surface area (Å²) >= 11 is 1.09. The third-order valence-corrected chi connectivity index (χ3v) is 5.22. The fraction of sp³-hybridized carbons (Fsp3) is 0.600. The molecule has 0 spiro atoms. The molecule has 6 nitrogen and oxygen atoms in total. The van der Waals surface area contributed by atoms with Crippen LogP contribution in [0.4, 0.5) is 0 Å². The van der Waals surface area contributed by atoms with Crippen molar-refractivity contribution >= 4 is 27.1 Å². The quantitative estimate of drug-likeness (QED) is 0.455. The lowest BCUT2D eigenvalue weighted by Crippen LogP contribution is -2.30. The van der Waals surface area contributed by atoms with Crippen LogP contribution in [0.1, 0.15) is 40.6 Å². The number of nitrogen functional groups attached to an aromatic ring is 1. The van der Waals surface area contributed by atoms with E-state index in [0.29, 0.717) is 22.0 Å². The molecule has 1 heterocycles. The summed E-state index contributed by atoms with van der Waals surface area (Å²) in [6.07, 6.45) is 1.46. The topological polar surface area (TPSA) is 102 Å². The van der Waals surface area contributed by atoms with Crippen LogP contribution in [-0.4, -0.2) is 25.1 Å². The van der Waals surface area contributed by atoms with Crippen molar-refractivity contribution in [2.24, 2.45) is 5.84 Å². The maximum absolute atomic E-state index is 11.5. The smallest absolute Gasteiger partial charge is 0.277 e. The van der Waals surface area contributed by atoms with Crippen LogP contribution in [0.25, 0.3) is 0 Å². The van der Waals surface area contributed by atoms with Gasteiger partial charge in [0.2, 0.25) is 0 Å². The fourth-order valence-electron chi connectivity index (χ4n) is 1.40. The van der Waals surface area contributed by atoms with E-state index >= 15 is 0 Å². The van der Waals surface area contributed by atoms with Crippen LogP contribution >= 0.6 is 11.3 Å². The second-order valence-electron chi connectivity index (χ2n) is 3.78. The highest BCUT2D eigenvalue weighted by molar-refractivity contribution is 7.90. The summed E-state index contributed by atoms with van der Waals surface area (Å²) in [6, 6.07) is 0. The van der Waals surface area contributed by atoms with Gasteiger partial charge in [-0.1, -0.05) is 20.3 Å². The zero-order chi connectivity index (χ0) is 13.8. The first-order valence-corrected chi connectivity index (χ1v) is 8.27. The average molecular weight is 291 g/mol. The number of hydrazine groups is 1. The maximum atomic E-state index is 11.5. The van der Waals surface area contributed by atoms with E-state index in [9.17, 15) is 13.2 Å². The van der Waals surface area contributed by atoms with Crippen molar-refractivity contribution in [1.82, 2.24) is 10.4 Å². The van der Waals surface area contributed by atoms with Crippen molar-refractivity contribution < 1.29 is 13.2 Å². The fourth-order valence-corrected chi connectivity index (χ4v) is 3.63. The molecule has 1 rings (SSSR count). The average Bonchev–Trinajstić information content (AvgIpc) is 2.71. The van der Waals surface area contributed by atoms with Crippen molar-refractivity contribution in [3.05, 3.63) is 15.6 Å². The zero-order valence-corrected chi connectivity index (χ0v) is 12.0. The van der Waals surface area contributed by atoms with Gasteiger partial charge >= 0.3 is 0 Å². The van der Waals surface area contributed by atoms with E-state index in [2.05, 4.69) is 10.4 Å². The number of aryl methyl sites for hydroxylation is 1. The Balaban J connectivity index is 3.06. The molecular formula is C10H17N3O3S2. The zero-order valence-electron chi connectivity index (χ0n) is 10.4. The Bertz CT molecular complexity index is 522. The first kappa shape index (κ1) is 15.1. The number of amides is 1. The Hall–Kier alpha value is -0.990. The van der Waals surface area contributed by atoms with Gasteiger partial charge < -0.3 is 0 Å². The first-order chi connectivity index (χ1) is 8.43. The van der Waals surface area contributed by atoms with E-state index in [1.807, 2.05) is 6.92 Å². The maximum Gasteiger partial charge on any atom is 0.277 e. The molecule has 102 valence electrons. The third kappa shape index (κ3) is 3.76. The molecule has 0 bridgehead atoms. The summed E-state index contributed by atoms with van der Waals surface area (Å²) in [7, 11) is -3.14. The van der Waals surface area contributed by atoms with E-state index in [1.54, 1.807) is 6.92 Å². The first-order valence-electron chi connectivity index (χ1n) is 5.63. The number of rotatable bonds is 6. The van der Waals surface area contributed by atoms with Crippen LogP contribution < -0.4 is 11.3 Å². The van der Waals surface area contributed by atoms with E-state index in [0.717, 1.165) is 17.8 Å². The van der Waals surface area contributed by atoms with E-state index in [1.165, 1.54) is 0 Å². The van der Waals surface area contributed by atoms with Crippen molar-refractivity contribution in [2.45, 2.75) is 32.4 Å². The Labute approximate surface area is 110 Å². The number of hydrogen-bond donors (Lipinski definition) is 2.